The van der Waals surface area contributed by atoms with Gasteiger partial charge >= 0.3 is 12.1 Å². The zero-order valence-electron chi connectivity index (χ0n) is 12.6. The fourth-order valence-electron chi connectivity index (χ4n) is 1.92. The Morgan fingerprint density at radius 1 is 1.22 bits per heavy atom. The second-order valence-electron chi connectivity index (χ2n) is 4.92. The van der Waals surface area contributed by atoms with Crippen molar-refractivity contribution in [3.05, 3.63) is 59.7 Å². The molecule has 1 atom stereocenters. The third kappa shape index (κ3) is 5.39. The molecule has 0 radical (unpaired) electrons. The number of rotatable bonds is 6. The van der Waals surface area contributed by atoms with Crippen LogP contribution in [-0.4, -0.2) is 27.1 Å². The maximum atomic E-state index is 11.9. The normalized spacial score (nSPS) is 11.5. The van der Waals surface area contributed by atoms with Crippen LogP contribution >= 0.6 is 0 Å². The van der Waals surface area contributed by atoms with Crippen molar-refractivity contribution >= 4 is 12.1 Å². The molecular formula is C16H17N3O4. The fourth-order valence-corrected chi connectivity index (χ4v) is 1.92. The van der Waals surface area contributed by atoms with E-state index in [1.165, 1.54) is 12.4 Å². The van der Waals surface area contributed by atoms with Crippen molar-refractivity contribution in [2.45, 2.75) is 26.0 Å². The first-order valence-electron chi connectivity index (χ1n) is 7.02. The average Bonchev–Trinajstić information content (AvgIpc) is 2.53. The van der Waals surface area contributed by atoms with E-state index >= 15 is 0 Å². The maximum absolute atomic E-state index is 11.9. The van der Waals surface area contributed by atoms with E-state index in [1.54, 1.807) is 6.92 Å². The lowest BCUT2D eigenvalue weighted by atomic mass is 10.1. The minimum atomic E-state index is -1.04. The van der Waals surface area contributed by atoms with Crippen molar-refractivity contribution in [1.29, 1.82) is 0 Å². The highest BCUT2D eigenvalue weighted by Gasteiger charge is 2.19. The van der Waals surface area contributed by atoms with Gasteiger partial charge in [0.05, 0.1) is 12.5 Å². The molecule has 0 saturated heterocycles. The predicted molar refractivity (Wildman–Crippen MR) is 81.5 cm³/mol. The zero-order valence-corrected chi connectivity index (χ0v) is 12.6. The summed E-state index contributed by atoms with van der Waals surface area (Å²) in [5, 5.41) is 11.5. The molecule has 1 amide bonds. The number of aryl methyl sites for hydroxylation is 1. The number of hydrogen-bond acceptors (Lipinski definition) is 5. The van der Waals surface area contributed by atoms with Gasteiger partial charge in [0.2, 0.25) is 0 Å². The smallest absolute Gasteiger partial charge is 0.407 e. The van der Waals surface area contributed by atoms with E-state index in [0.717, 1.165) is 5.56 Å². The van der Waals surface area contributed by atoms with Crippen molar-refractivity contribution in [2.75, 3.05) is 0 Å². The average molecular weight is 315 g/mol. The lowest BCUT2D eigenvalue weighted by molar-refractivity contribution is -0.137. The maximum Gasteiger partial charge on any atom is 0.407 e. The second kappa shape index (κ2) is 7.88. The van der Waals surface area contributed by atoms with Crippen LogP contribution in [0.25, 0.3) is 0 Å². The van der Waals surface area contributed by atoms with Gasteiger partial charge in [-0.1, -0.05) is 30.3 Å². The van der Waals surface area contributed by atoms with Crippen molar-refractivity contribution < 1.29 is 19.4 Å². The lowest BCUT2D eigenvalue weighted by Gasteiger charge is -2.16. The highest BCUT2D eigenvalue weighted by molar-refractivity contribution is 5.71. The zero-order chi connectivity index (χ0) is 16.7. The number of carboxylic acid groups (broad SMARTS) is 1. The standard InChI is InChI=1S/C16H17N3O4/c1-11-17-8-13(9-18-11)14(7-15(20)21)19-16(22)23-10-12-5-3-2-4-6-12/h2-6,8-9,14H,7,10H2,1H3,(H,19,22)(H,20,21). The number of alkyl carbamates (subject to hydrolysis) is 1. The first-order chi connectivity index (χ1) is 11.0. The van der Waals surface area contributed by atoms with Gasteiger partial charge in [0, 0.05) is 18.0 Å². The quantitative estimate of drug-likeness (QED) is 0.847. The molecule has 0 bridgehead atoms. The van der Waals surface area contributed by atoms with Crippen molar-refractivity contribution in [1.82, 2.24) is 15.3 Å². The predicted octanol–water partition coefficient (Wildman–Crippen LogP) is 2.23. The van der Waals surface area contributed by atoms with Gasteiger partial charge < -0.3 is 15.2 Å². The molecule has 120 valence electrons. The Kier molecular flexibility index (Phi) is 5.62. The first kappa shape index (κ1) is 16.4. The molecule has 2 N–H and O–H groups in total. The summed E-state index contributed by atoms with van der Waals surface area (Å²) in [6, 6.07) is 8.45. The molecule has 0 aliphatic heterocycles. The molecular weight excluding hydrogens is 298 g/mol. The topological polar surface area (TPSA) is 101 Å². The number of nitrogens with zero attached hydrogens (tertiary/aromatic N) is 2. The third-order valence-corrected chi connectivity index (χ3v) is 3.09. The van der Waals surface area contributed by atoms with E-state index < -0.39 is 18.1 Å². The molecule has 0 saturated carbocycles. The first-order valence-corrected chi connectivity index (χ1v) is 7.02. The number of carbonyl (C=O) groups excluding carboxylic acids is 1. The van der Waals surface area contributed by atoms with Crippen LogP contribution in [0.3, 0.4) is 0 Å². The van der Waals surface area contributed by atoms with Gasteiger partial charge in [-0.3, -0.25) is 4.79 Å². The largest absolute Gasteiger partial charge is 0.481 e. The Morgan fingerprint density at radius 2 is 1.87 bits per heavy atom. The van der Waals surface area contributed by atoms with Crippen LogP contribution in [-0.2, 0) is 16.1 Å². The number of hydrogen-bond donors (Lipinski definition) is 2. The molecule has 1 aromatic heterocycles. The van der Waals surface area contributed by atoms with Crippen molar-refractivity contribution in [3.8, 4) is 0 Å². The Bertz CT molecular complexity index is 659. The van der Waals surface area contributed by atoms with Crippen LogP contribution in [0.5, 0.6) is 0 Å². The SMILES string of the molecule is Cc1ncc(C(CC(=O)O)NC(=O)OCc2ccccc2)cn1. The van der Waals surface area contributed by atoms with E-state index in [1.807, 2.05) is 30.3 Å². The molecule has 7 nitrogen and oxygen atoms in total. The molecule has 0 aliphatic carbocycles. The van der Waals surface area contributed by atoms with Gasteiger partial charge in [0.1, 0.15) is 12.4 Å². The molecule has 2 aromatic rings. The molecule has 1 aromatic carbocycles. The van der Waals surface area contributed by atoms with Crippen LogP contribution in [0.2, 0.25) is 0 Å². The molecule has 0 spiro atoms. The Hall–Kier alpha value is -2.96. The fraction of sp³-hybridized carbons (Fsp3) is 0.250. The van der Waals surface area contributed by atoms with Crippen LogP contribution in [0.15, 0.2) is 42.7 Å². The summed E-state index contributed by atoms with van der Waals surface area (Å²) in [6.07, 6.45) is 2.01. The van der Waals surface area contributed by atoms with Crippen LogP contribution in [0.1, 0.15) is 29.4 Å². The summed E-state index contributed by atoms with van der Waals surface area (Å²) in [5.41, 5.74) is 1.35. The number of amides is 1. The minimum absolute atomic E-state index is 0.108. The highest BCUT2D eigenvalue weighted by atomic mass is 16.5. The summed E-state index contributed by atoms with van der Waals surface area (Å²) in [5.74, 6) is -0.478. The van der Waals surface area contributed by atoms with Crippen LogP contribution in [0, 0.1) is 6.92 Å². The van der Waals surface area contributed by atoms with Gasteiger partial charge in [0.25, 0.3) is 0 Å². The number of carbonyl (C=O) groups is 2. The van der Waals surface area contributed by atoms with Gasteiger partial charge in [-0.25, -0.2) is 14.8 Å². The third-order valence-electron chi connectivity index (χ3n) is 3.09. The molecule has 0 aliphatic rings. The van der Waals surface area contributed by atoms with Gasteiger partial charge in [-0.2, -0.15) is 0 Å². The van der Waals surface area contributed by atoms with Crippen LogP contribution < -0.4 is 5.32 Å². The Balaban J connectivity index is 1.98. The molecule has 1 heterocycles. The van der Waals surface area contributed by atoms with Crippen molar-refractivity contribution in [2.24, 2.45) is 0 Å². The monoisotopic (exact) mass is 315 g/mol. The van der Waals surface area contributed by atoms with Gasteiger partial charge in [-0.15, -0.1) is 0 Å². The summed E-state index contributed by atoms with van der Waals surface area (Å²) in [7, 11) is 0. The summed E-state index contributed by atoms with van der Waals surface area (Å²) >= 11 is 0. The molecule has 2 rings (SSSR count). The number of benzene rings is 1. The van der Waals surface area contributed by atoms with Crippen LogP contribution in [0.4, 0.5) is 4.79 Å². The second-order valence-corrected chi connectivity index (χ2v) is 4.92. The Morgan fingerprint density at radius 3 is 2.48 bits per heavy atom. The van der Waals surface area contributed by atoms with E-state index in [0.29, 0.717) is 11.4 Å². The summed E-state index contributed by atoms with van der Waals surface area (Å²) in [4.78, 5) is 30.9. The van der Waals surface area contributed by atoms with E-state index in [2.05, 4.69) is 15.3 Å². The van der Waals surface area contributed by atoms with Gasteiger partial charge in [0.15, 0.2) is 0 Å². The summed E-state index contributed by atoms with van der Waals surface area (Å²) in [6.45, 7) is 1.83. The Labute approximate surface area is 133 Å². The molecule has 7 heteroatoms. The number of aliphatic carboxylic acids is 1. The van der Waals surface area contributed by atoms with E-state index in [9.17, 15) is 9.59 Å². The van der Waals surface area contributed by atoms with Crippen molar-refractivity contribution in [3.63, 3.8) is 0 Å². The number of aromatic nitrogens is 2. The number of nitrogens with one attached hydrogen (secondary N) is 1. The molecule has 1 unspecified atom stereocenters. The highest BCUT2D eigenvalue weighted by Crippen LogP contribution is 2.15. The van der Waals surface area contributed by atoms with E-state index in [4.69, 9.17) is 9.84 Å². The van der Waals surface area contributed by atoms with Gasteiger partial charge in [-0.05, 0) is 12.5 Å². The van der Waals surface area contributed by atoms with E-state index in [-0.39, 0.29) is 13.0 Å². The summed E-state index contributed by atoms with van der Waals surface area (Å²) < 4.78 is 5.10. The molecule has 23 heavy (non-hydrogen) atoms. The minimum Gasteiger partial charge on any atom is -0.481 e. The number of ether oxygens (including phenoxy) is 1. The molecule has 0 fully saturated rings. The number of carboxylic acids is 1. The lowest BCUT2D eigenvalue weighted by Crippen LogP contribution is -2.30.